The molecule has 1 heterocycles. The second-order valence-electron chi connectivity index (χ2n) is 6.46. The van der Waals surface area contributed by atoms with Gasteiger partial charge in [-0.25, -0.2) is 4.79 Å². The SMILES string of the molecule is COC(=O)c1c(NC(=O)C(C)Sc2ccc(Cl)cc2)sc2c1CCCCC2. The van der Waals surface area contributed by atoms with Gasteiger partial charge in [0.1, 0.15) is 5.00 Å². The number of amides is 1. The molecule has 1 aromatic heterocycles. The molecule has 27 heavy (non-hydrogen) atoms. The number of nitrogens with one attached hydrogen (secondary N) is 1. The van der Waals surface area contributed by atoms with E-state index in [1.165, 1.54) is 41.5 Å². The standard InChI is InChI=1S/C20H22ClNO3S2/c1-12(26-14-10-8-13(21)9-11-14)18(23)22-19-17(20(24)25-2)15-6-4-3-5-7-16(15)27-19/h8-12H,3-7H2,1-2H3,(H,22,23). The highest BCUT2D eigenvalue weighted by atomic mass is 35.5. The molecule has 1 atom stereocenters. The van der Waals surface area contributed by atoms with E-state index < -0.39 is 0 Å². The van der Waals surface area contributed by atoms with E-state index in [0.717, 1.165) is 36.1 Å². The van der Waals surface area contributed by atoms with Crippen LogP contribution in [-0.4, -0.2) is 24.2 Å². The monoisotopic (exact) mass is 423 g/mol. The van der Waals surface area contributed by atoms with Gasteiger partial charge in [0, 0.05) is 14.8 Å². The molecule has 144 valence electrons. The van der Waals surface area contributed by atoms with Crippen LogP contribution in [0.3, 0.4) is 0 Å². The molecule has 0 radical (unpaired) electrons. The first-order valence-corrected chi connectivity index (χ1v) is 11.0. The van der Waals surface area contributed by atoms with Gasteiger partial charge in [0.15, 0.2) is 0 Å². The third-order valence-electron chi connectivity index (χ3n) is 4.54. The highest BCUT2D eigenvalue weighted by Crippen LogP contribution is 2.38. The van der Waals surface area contributed by atoms with Crippen LogP contribution < -0.4 is 5.32 Å². The minimum absolute atomic E-state index is 0.128. The Bertz CT molecular complexity index is 832. The van der Waals surface area contributed by atoms with Crippen molar-refractivity contribution < 1.29 is 14.3 Å². The Morgan fingerprint density at radius 2 is 1.89 bits per heavy atom. The molecule has 4 nitrogen and oxygen atoms in total. The number of benzene rings is 1. The van der Waals surface area contributed by atoms with Gasteiger partial charge in [-0.15, -0.1) is 23.1 Å². The molecule has 1 aromatic carbocycles. The third-order valence-corrected chi connectivity index (χ3v) is 7.11. The Kier molecular flexibility index (Phi) is 6.84. The number of hydrogen-bond donors (Lipinski definition) is 1. The normalized spacial score (nSPS) is 14.8. The molecule has 1 aliphatic rings. The quantitative estimate of drug-likeness (QED) is 0.387. The predicted octanol–water partition coefficient (Wildman–Crippen LogP) is 5.58. The molecule has 1 aliphatic carbocycles. The van der Waals surface area contributed by atoms with Crippen molar-refractivity contribution in [2.75, 3.05) is 12.4 Å². The van der Waals surface area contributed by atoms with Crippen LogP contribution in [0, 0.1) is 0 Å². The second-order valence-corrected chi connectivity index (χ2v) is 9.42. The summed E-state index contributed by atoms with van der Waals surface area (Å²) >= 11 is 8.88. The number of methoxy groups -OCH3 is 1. The van der Waals surface area contributed by atoms with E-state index in [0.29, 0.717) is 15.6 Å². The Labute approximate surface area is 172 Å². The summed E-state index contributed by atoms with van der Waals surface area (Å²) in [6, 6.07) is 7.40. The van der Waals surface area contributed by atoms with Crippen LogP contribution >= 0.6 is 34.7 Å². The van der Waals surface area contributed by atoms with Crippen molar-refractivity contribution >= 4 is 51.6 Å². The van der Waals surface area contributed by atoms with Crippen LogP contribution in [0.4, 0.5) is 5.00 Å². The van der Waals surface area contributed by atoms with Crippen molar-refractivity contribution in [3.05, 3.63) is 45.3 Å². The Morgan fingerprint density at radius 3 is 2.59 bits per heavy atom. The van der Waals surface area contributed by atoms with Gasteiger partial charge in [0.25, 0.3) is 0 Å². The summed E-state index contributed by atoms with van der Waals surface area (Å²) in [6.07, 6.45) is 5.16. The summed E-state index contributed by atoms with van der Waals surface area (Å²) < 4.78 is 4.99. The molecule has 0 saturated heterocycles. The number of thiophene rings is 1. The first-order chi connectivity index (χ1) is 13.0. The fourth-order valence-corrected chi connectivity index (χ4v) is 5.41. The number of anilines is 1. The average Bonchev–Trinajstić information content (AvgIpc) is 2.83. The number of aryl methyl sites for hydroxylation is 1. The number of halogens is 1. The maximum Gasteiger partial charge on any atom is 0.341 e. The van der Waals surface area contributed by atoms with Crippen molar-refractivity contribution in [2.24, 2.45) is 0 Å². The zero-order valence-corrected chi connectivity index (χ0v) is 17.7. The number of thioether (sulfide) groups is 1. The Morgan fingerprint density at radius 1 is 1.19 bits per heavy atom. The number of carbonyl (C=O) groups excluding carboxylic acids is 2. The molecule has 1 N–H and O–H groups in total. The van der Waals surface area contributed by atoms with Crippen molar-refractivity contribution in [3.63, 3.8) is 0 Å². The van der Waals surface area contributed by atoms with Gasteiger partial charge in [-0.3, -0.25) is 4.79 Å². The summed E-state index contributed by atoms with van der Waals surface area (Å²) in [4.78, 5) is 27.3. The van der Waals surface area contributed by atoms with E-state index in [9.17, 15) is 9.59 Å². The van der Waals surface area contributed by atoms with Gasteiger partial charge in [-0.2, -0.15) is 0 Å². The van der Waals surface area contributed by atoms with Crippen LogP contribution in [-0.2, 0) is 22.4 Å². The molecule has 7 heteroatoms. The van der Waals surface area contributed by atoms with Crippen LogP contribution in [0.1, 0.15) is 47.0 Å². The molecular weight excluding hydrogens is 402 g/mol. The van der Waals surface area contributed by atoms with Gasteiger partial charge in [0.05, 0.1) is 17.9 Å². The molecular formula is C20H22ClNO3S2. The van der Waals surface area contributed by atoms with E-state index >= 15 is 0 Å². The number of rotatable bonds is 5. The van der Waals surface area contributed by atoms with Gasteiger partial charge < -0.3 is 10.1 Å². The van der Waals surface area contributed by atoms with Crippen LogP contribution in [0.2, 0.25) is 5.02 Å². The average molecular weight is 424 g/mol. The Hall–Kier alpha value is -1.50. The van der Waals surface area contributed by atoms with E-state index in [2.05, 4.69) is 5.32 Å². The lowest BCUT2D eigenvalue weighted by Gasteiger charge is -2.12. The molecule has 2 aromatic rings. The number of carbonyl (C=O) groups is 2. The minimum atomic E-state index is -0.372. The van der Waals surface area contributed by atoms with E-state index in [1.807, 2.05) is 19.1 Å². The fraction of sp³-hybridized carbons (Fsp3) is 0.400. The Balaban J connectivity index is 1.78. The third kappa shape index (κ3) is 4.86. The van der Waals surface area contributed by atoms with Gasteiger partial charge >= 0.3 is 5.97 Å². The molecule has 1 unspecified atom stereocenters. The number of ether oxygens (including phenoxy) is 1. The zero-order valence-electron chi connectivity index (χ0n) is 15.3. The summed E-state index contributed by atoms with van der Waals surface area (Å²) in [5.74, 6) is -0.501. The second kappa shape index (κ2) is 9.13. The fourth-order valence-electron chi connectivity index (χ4n) is 3.13. The molecule has 1 amide bonds. The van der Waals surface area contributed by atoms with Crippen molar-refractivity contribution in [2.45, 2.75) is 49.2 Å². The first kappa shape index (κ1) is 20.2. The number of hydrogen-bond acceptors (Lipinski definition) is 5. The first-order valence-electron chi connectivity index (χ1n) is 8.95. The van der Waals surface area contributed by atoms with Crippen LogP contribution in [0.25, 0.3) is 0 Å². The predicted molar refractivity (Wildman–Crippen MR) is 112 cm³/mol. The van der Waals surface area contributed by atoms with Crippen LogP contribution in [0.15, 0.2) is 29.2 Å². The summed E-state index contributed by atoms with van der Waals surface area (Å²) in [5, 5.41) is 3.94. The summed E-state index contributed by atoms with van der Waals surface area (Å²) in [6.45, 7) is 1.85. The highest BCUT2D eigenvalue weighted by molar-refractivity contribution is 8.00. The molecule has 0 bridgehead atoms. The molecule has 0 spiro atoms. The maximum absolute atomic E-state index is 12.7. The van der Waals surface area contributed by atoms with Crippen LogP contribution in [0.5, 0.6) is 0 Å². The number of esters is 1. The zero-order chi connectivity index (χ0) is 19.4. The summed E-state index contributed by atoms with van der Waals surface area (Å²) in [7, 11) is 1.38. The molecule has 0 fully saturated rings. The molecule has 3 rings (SSSR count). The smallest absolute Gasteiger partial charge is 0.341 e. The van der Waals surface area contributed by atoms with E-state index in [-0.39, 0.29) is 17.1 Å². The largest absolute Gasteiger partial charge is 0.465 e. The lowest BCUT2D eigenvalue weighted by Crippen LogP contribution is -2.23. The van der Waals surface area contributed by atoms with E-state index in [4.69, 9.17) is 16.3 Å². The van der Waals surface area contributed by atoms with Gasteiger partial charge in [0.2, 0.25) is 5.91 Å². The van der Waals surface area contributed by atoms with Crippen molar-refractivity contribution in [1.82, 2.24) is 0 Å². The minimum Gasteiger partial charge on any atom is -0.465 e. The molecule has 0 aliphatic heterocycles. The topological polar surface area (TPSA) is 55.4 Å². The van der Waals surface area contributed by atoms with Crippen molar-refractivity contribution in [1.29, 1.82) is 0 Å². The van der Waals surface area contributed by atoms with E-state index in [1.54, 1.807) is 12.1 Å². The molecule has 0 saturated carbocycles. The highest BCUT2D eigenvalue weighted by Gasteiger charge is 2.27. The van der Waals surface area contributed by atoms with Gasteiger partial charge in [-0.05, 0) is 62.4 Å². The van der Waals surface area contributed by atoms with Gasteiger partial charge in [-0.1, -0.05) is 18.0 Å². The van der Waals surface area contributed by atoms with Crippen molar-refractivity contribution in [3.8, 4) is 0 Å². The lowest BCUT2D eigenvalue weighted by molar-refractivity contribution is -0.115. The maximum atomic E-state index is 12.7. The summed E-state index contributed by atoms with van der Waals surface area (Å²) in [5.41, 5.74) is 1.59. The lowest BCUT2D eigenvalue weighted by atomic mass is 10.1. The number of fused-ring (bicyclic) bond motifs is 1.